The number of hydrogen-bond acceptors (Lipinski definition) is 7. The van der Waals surface area contributed by atoms with Crippen molar-refractivity contribution in [3.63, 3.8) is 0 Å². The standard InChI is InChI=1S/C24H20N2O5S/c1-24(12-27)16-7-9-25-22(31-2)17(16)19-18(21(24)29)20(28)23(30)26(19)15-5-3-13(4-6-15)14-8-10-32-11-14/h3-11,19,27-28H,12H2,1-2H3. The highest BCUT2D eigenvalue weighted by molar-refractivity contribution is 7.08. The minimum Gasteiger partial charge on any atom is -0.503 e. The molecule has 0 bridgehead atoms. The first kappa shape index (κ1) is 20.4. The van der Waals surface area contributed by atoms with Gasteiger partial charge in [-0.15, -0.1) is 0 Å². The van der Waals surface area contributed by atoms with Crippen LogP contribution in [-0.4, -0.2) is 40.6 Å². The zero-order valence-corrected chi connectivity index (χ0v) is 18.2. The summed E-state index contributed by atoms with van der Waals surface area (Å²) < 4.78 is 5.47. The van der Waals surface area contributed by atoms with Crippen molar-refractivity contribution in [2.75, 3.05) is 18.6 Å². The molecule has 2 aromatic heterocycles. The van der Waals surface area contributed by atoms with E-state index < -0.39 is 35.5 Å². The van der Waals surface area contributed by atoms with Crippen molar-refractivity contribution in [3.8, 4) is 17.0 Å². The summed E-state index contributed by atoms with van der Waals surface area (Å²) in [6, 6.07) is 10.1. The van der Waals surface area contributed by atoms with Gasteiger partial charge in [-0.1, -0.05) is 12.1 Å². The number of amides is 1. The van der Waals surface area contributed by atoms with Gasteiger partial charge in [0.2, 0.25) is 5.88 Å². The summed E-state index contributed by atoms with van der Waals surface area (Å²) in [5.74, 6) is -1.55. The van der Waals surface area contributed by atoms with Crippen LogP contribution in [0.4, 0.5) is 5.69 Å². The highest BCUT2D eigenvalue weighted by Gasteiger charge is 2.56. The molecule has 3 aromatic rings. The number of hydrogen-bond donors (Lipinski definition) is 2. The molecule has 1 aliphatic heterocycles. The fourth-order valence-corrected chi connectivity index (χ4v) is 5.22. The number of aromatic nitrogens is 1. The van der Waals surface area contributed by atoms with Crippen LogP contribution in [0, 0.1) is 0 Å². The molecule has 0 saturated heterocycles. The van der Waals surface area contributed by atoms with Crippen LogP contribution in [0.25, 0.3) is 11.1 Å². The molecule has 1 aromatic carbocycles. The van der Waals surface area contributed by atoms with Crippen molar-refractivity contribution in [2.24, 2.45) is 0 Å². The number of nitrogens with zero attached hydrogens (tertiary/aromatic N) is 2. The van der Waals surface area contributed by atoms with Gasteiger partial charge in [0.15, 0.2) is 11.5 Å². The number of anilines is 1. The number of methoxy groups -OCH3 is 1. The lowest BCUT2D eigenvalue weighted by molar-refractivity contribution is -0.122. The van der Waals surface area contributed by atoms with Gasteiger partial charge in [0.25, 0.3) is 5.91 Å². The molecule has 5 rings (SSSR count). The number of fused-ring (bicyclic) bond motifs is 3. The molecule has 2 N–H and O–H groups in total. The third kappa shape index (κ3) is 2.66. The van der Waals surface area contributed by atoms with Crippen LogP contribution in [-0.2, 0) is 15.0 Å². The molecule has 1 aliphatic carbocycles. The van der Waals surface area contributed by atoms with Crippen molar-refractivity contribution in [3.05, 3.63) is 75.8 Å². The van der Waals surface area contributed by atoms with Gasteiger partial charge in [-0.25, -0.2) is 4.98 Å². The molecular weight excluding hydrogens is 428 g/mol. The largest absolute Gasteiger partial charge is 0.503 e. The lowest BCUT2D eigenvalue weighted by Crippen LogP contribution is -2.45. The Balaban J connectivity index is 1.70. The number of ketones is 1. The van der Waals surface area contributed by atoms with Crippen molar-refractivity contribution >= 4 is 28.7 Å². The number of benzene rings is 1. The van der Waals surface area contributed by atoms with E-state index in [1.165, 1.54) is 18.2 Å². The maximum absolute atomic E-state index is 13.4. The normalized spacial score (nSPS) is 22.2. The van der Waals surface area contributed by atoms with Crippen LogP contribution in [0.1, 0.15) is 24.1 Å². The number of ether oxygens (including phenoxy) is 1. The van der Waals surface area contributed by atoms with Gasteiger partial charge in [0.05, 0.1) is 24.7 Å². The highest BCUT2D eigenvalue weighted by Crippen LogP contribution is 2.52. The second kappa shape index (κ2) is 7.29. The average Bonchev–Trinajstić information content (AvgIpc) is 3.44. The predicted octanol–water partition coefficient (Wildman–Crippen LogP) is 3.55. The van der Waals surface area contributed by atoms with E-state index >= 15 is 0 Å². The van der Waals surface area contributed by atoms with Gasteiger partial charge in [0, 0.05) is 17.4 Å². The summed E-state index contributed by atoms with van der Waals surface area (Å²) in [6.45, 7) is 1.10. The van der Waals surface area contributed by atoms with Crippen molar-refractivity contribution in [2.45, 2.75) is 18.4 Å². The smallest absolute Gasteiger partial charge is 0.294 e. The topological polar surface area (TPSA) is 100.0 Å². The Kier molecular flexibility index (Phi) is 4.65. The number of pyridine rings is 1. The SMILES string of the molecule is COc1nccc2c1C1C(=C(O)C(=O)N1c1ccc(-c3ccsc3)cc1)C(=O)C2(C)CO. The molecule has 0 radical (unpaired) electrons. The molecule has 7 nitrogen and oxygen atoms in total. The van der Waals surface area contributed by atoms with Gasteiger partial charge in [-0.2, -0.15) is 11.3 Å². The summed E-state index contributed by atoms with van der Waals surface area (Å²) in [6.07, 6.45) is 1.50. The first-order chi connectivity index (χ1) is 15.4. The molecule has 0 spiro atoms. The number of Topliss-reactive ketones (excluding diaryl/α,β-unsaturated/α-hetero) is 1. The Bertz CT molecular complexity index is 1270. The number of carbonyl (C=O) groups is 2. The van der Waals surface area contributed by atoms with E-state index in [1.54, 1.807) is 36.5 Å². The van der Waals surface area contributed by atoms with E-state index in [0.717, 1.165) is 11.1 Å². The molecule has 0 fully saturated rings. The second-order valence-corrected chi connectivity index (χ2v) is 8.78. The molecule has 2 unspecified atom stereocenters. The number of aliphatic hydroxyl groups is 2. The molecule has 0 saturated carbocycles. The molecule has 3 heterocycles. The van der Waals surface area contributed by atoms with Gasteiger partial charge in [-0.05, 0) is 58.6 Å². The van der Waals surface area contributed by atoms with Crippen LogP contribution in [0.15, 0.2) is 64.7 Å². The number of thiophene rings is 1. The highest BCUT2D eigenvalue weighted by atomic mass is 32.1. The predicted molar refractivity (Wildman–Crippen MR) is 120 cm³/mol. The molecular formula is C24H20N2O5S. The van der Waals surface area contributed by atoms with Crippen LogP contribution in [0.2, 0.25) is 0 Å². The lowest BCUT2D eigenvalue weighted by atomic mass is 9.67. The Morgan fingerprint density at radius 3 is 2.53 bits per heavy atom. The number of aliphatic hydroxyl groups excluding tert-OH is 2. The summed E-state index contributed by atoms with van der Waals surface area (Å²) in [7, 11) is 1.45. The number of carbonyl (C=O) groups excluding carboxylic acids is 2. The number of rotatable bonds is 4. The Morgan fingerprint density at radius 1 is 1.16 bits per heavy atom. The zero-order valence-electron chi connectivity index (χ0n) is 17.4. The molecule has 32 heavy (non-hydrogen) atoms. The van der Waals surface area contributed by atoms with Gasteiger partial charge >= 0.3 is 0 Å². The van der Waals surface area contributed by atoms with E-state index in [9.17, 15) is 19.8 Å². The molecule has 8 heteroatoms. The van der Waals surface area contributed by atoms with Crippen molar-refractivity contribution in [1.82, 2.24) is 4.98 Å². The zero-order chi connectivity index (χ0) is 22.6. The molecule has 2 atom stereocenters. The summed E-state index contributed by atoms with van der Waals surface area (Å²) in [5, 5.41) is 24.9. The average molecular weight is 449 g/mol. The maximum atomic E-state index is 13.4. The van der Waals surface area contributed by atoms with Crippen molar-refractivity contribution in [1.29, 1.82) is 0 Å². The van der Waals surface area contributed by atoms with Crippen LogP contribution >= 0.6 is 11.3 Å². The van der Waals surface area contributed by atoms with E-state index in [1.807, 2.05) is 29.0 Å². The van der Waals surface area contributed by atoms with Gasteiger partial charge < -0.3 is 14.9 Å². The van der Waals surface area contributed by atoms with E-state index in [-0.39, 0.29) is 11.5 Å². The van der Waals surface area contributed by atoms with Gasteiger partial charge in [-0.3, -0.25) is 14.5 Å². The van der Waals surface area contributed by atoms with Crippen LogP contribution < -0.4 is 9.64 Å². The summed E-state index contributed by atoms with van der Waals surface area (Å²) in [4.78, 5) is 32.3. The lowest BCUT2D eigenvalue weighted by Gasteiger charge is -2.39. The van der Waals surface area contributed by atoms with Crippen molar-refractivity contribution < 1.29 is 24.5 Å². The van der Waals surface area contributed by atoms with E-state index in [0.29, 0.717) is 16.8 Å². The third-order valence-corrected chi connectivity index (χ3v) is 6.97. The van der Waals surface area contributed by atoms with E-state index in [4.69, 9.17) is 4.74 Å². The quantitative estimate of drug-likeness (QED) is 0.633. The monoisotopic (exact) mass is 448 g/mol. The van der Waals surface area contributed by atoms with E-state index in [2.05, 4.69) is 4.98 Å². The summed E-state index contributed by atoms with van der Waals surface area (Å²) >= 11 is 1.59. The molecule has 2 aliphatic rings. The fraction of sp³-hybridized carbons (Fsp3) is 0.208. The maximum Gasteiger partial charge on any atom is 0.294 e. The van der Waals surface area contributed by atoms with Crippen LogP contribution in [0.5, 0.6) is 5.88 Å². The molecule has 162 valence electrons. The Labute approximate surface area is 188 Å². The van der Waals surface area contributed by atoms with Gasteiger partial charge in [0.1, 0.15) is 6.04 Å². The summed E-state index contributed by atoms with van der Waals surface area (Å²) in [5.41, 5.74) is 2.22. The van der Waals surface area contributed by atoms with Crippen LogP contribution in [0.3, 0.4) is 0 Å². The minimum atomic E-state index is -1.33. The first-order valence-corrected chi connectivity index (χ1v) is 10.9. The Hall–Kier alpha value is -3.49. The second-order valence-electron chi connectivity index (χ2n) is 8.00. The first-order valence-electron chi connectivity index (χ1n) is 10.0. The Morgan fingerprint density at radius 2 is 1.91 bits per heavy atom. The fourth-order valence-electron chi connectivity index (χ4n) is 4.56. The molecule has 1 amide bonds. The minimum absolute atomic E-state index is 0.0488. The third-order valence-electron chi connectivity index (χ3n) is 6.28.